The van der Waals surface area contributed by atoms with Crippen LogP contribution in [0.3, 0.4) is 0 Å². The van der Waals surface area contributed by atoms with E-state index in [1.54, 1.807) is 39.8 Å². The third-order valence-electron chi connectivity index (χ3n) is 6.02. The lowest BCUT2D eigenvalue weighted by atomic mass is 10.1. The molecule has 1 saturated heterocycles. The summed E-state index contributed by atoms with van der Waals surface area (Å²) in [5, 5.41) is 0.481. The maximum absolute atomic E-state index is 13.1. The molecule has 0 saturated carbocycles. The number of nitrogens with zero attached hydrogens (tertiary/aromatic N) is 3. The van der Waals surface area contributed by atoms with Gasteiger partial charge in [0.2, 0.25) is 6.10 Å². The molecule has 0 radical (unpaired) electrons. The van der Waals surface area contributed by atoms with Crippen LogP contribution in [0.4, 0.5) is 0 Å². The fourth-order valence-corrected chi connectivity index (χ4v) is 4.38. The first-order valence-electron chi connectivity index (χ1n) is 10.7. The van der Waals surface area contributed by atoms with Gasteiger partial charge in [-0.1, -0.05) is 30.3 Å². The van der Waals surface area contributed by atoms with Gasteiger partial charge in [0.15, 0.2) is 0 Å². The topological polar surface area (TPSA) is 81.5 Å². The summed E-state index contributed by atoms with van der Waals surface area (Å²) in [5.41, 5.74) is 1.32. The summed E-state index contributed by atoms with van der Waals surface area (Å²) in [6.07, 6.45) is 2.56. The standard InChI is InChI=1S/C24H23N3O4/c28-22-18-11-10-17(15-19(18)25-20-9-6-14-27(20)22)24(30)31-21(16-7-2-1-3-8-16)23(29)26-12-4-5-13-26/h1-3,7-8,10-11,15,21H,4-6,9,12-14H2/t21-/m0/s1. The first kappa shape index (κ1) is 19.5. The van der Waals surface area contributed by atoms with Crippen LogP contribution in [-0.2, 0) is 22.5 Å². The van der Waals surface area contributed by atoms with E-state index in [4.69, 9.17) is 4.74 Å². The minimum Gasteiger partial charge on any atom is -0.444 e. The van der Waals surface area contributed by atoms with Gasteiger partial charge in [0.25, 0.3) is 11.5 Å². The van der Waals surface area contributed by atoms with Crippen molar-refractivity contribution in [1.29, 1.82) is 0 Å². The van der Waals surface area contributed by atoms with Gasteiger partial charge >= 0.3 is 5.97 Å². The van der Waals surface area contributed by atoms with Crippen LogP contribution < -0.4 is 5.56 Å². The highest BCUT2D eigenvalue weighted by Crippen LogP contribution is 2.25. The van der Waals surface area contributed by atoms with Crippen LogP contribution in [0, 0.1) is 0 Å². The molecule has 2 aliphatic rings. The number of aryl methyl sites for hydroxylation is 1. The van der Waals surface area contributed by atoms with Crippen LogP contribution in [-0.4, -0.2) is 39.4 Å². The Bertz CT molecular complexity index is 1210. The normalized spacial score (nSPS) is 16.3. The predicted octanol–water partition coefficient (Wildman–Crippen LogP) is 2.86. The summed E-state index contributed by atoms with van der Waals surface area (Å²) in [5.74, 6) is -0.0629. The van der Waals surface area contributed by atoms with Crippen LogP contribution in [0.5, 0.6) is 0 Å². The summed E-state index contributed by atoms with van der Waals surface area (Å²) in [6.45, 7) is 2.03. The Morgan fingerprint density at radius 3 is 2.52 bits per heavy atom. The molecule has 3 heterocycles. The van der Waals surface area contributed by atoms with Crippen molar-refractivity contribution in [3.63, 3.8) is 0 Å². The number of ether oxygens (including phenoxy) is 1. The van der Waals surface area contributed by atoms with E-state index < -0.39 is 12.1 Å². The van der Waals surface area contributed by atoms with Crippen LogP contribution in [0.25, 0.3) is 10.9 Å². The van der Waals surface area contributed by atoms with Crippen molar-refractivity contribution in [3.05, 3.63) is 75.8 Å². The maximum Gasteiger partial charge on any atom is 0.339 e. The molecule has 0 aliphatic carbocycles. The van der Waals surface area contributed by atoms with Gasteiger partial charge in [-0.15, -0.1) is 0 Å². The molecule has 0 bridgehead atoms. The van der Waals surface area contributed by atoms with Crippen molar-refractivity contribution < 1.29 is 14.3 Å². The Kier molecular flexibility index (Phi) is 5.02. The molecule has 7 nitrogen and oxygen atoms in total. The quantitative estimate of drug-likeness (QED) is 0.610. The lowest BCUT2D eigenvalue weighted by Gasteiger charge is -2.23. The number of fused-ring (bicyclic) bond motifs is 2. The third kappa shape index (κ3) is 3.60. The van der Waals surface area contributed by atoms with Crippen molar-refractivity contribution in [2.24, 2.45) is 0 Å². The second kappa shape index (κ2) is 7.98. The largest absolute Gasteiger partial charge is 0.444 e. The Morgan fingerprint density at radius 1 is 0.968 bits per heavy atom. The highest BCUT2D eigenvalue weighted by molar-refractivity contribution is 5.96. The van der Waals surface area contributed by atoms with Crippen molar-refractivity contribution in [1.82, 2.24) is 14.5 Å². The number of aromatic nitrogens is 2. The van der Waals surface area contributed by atoms with E-state index >= 15 is 0 Å². The van der Waals surface area contributed by atoms with E-state index in [1.165, 1.54) is 0 Å². The van der Waals surface area contributed by atoms with Gasteiger partial charge in [0, 0.05) is 31.6 Å². The van der Waals surface area contributed by atoms with Crippen molar-refractivity contribution >= 4 is 22.8 Å². The summed E-state index contributed by atoms with van der Waals surface area (Å²) in [4.78, 5) is 45.1. The maximum atomic E-state index is 13.1. The zero-order chi connectivity index (χ0) is 21.4. The van der Waals surface area contributed by atoms with Crippen LogP contribution in [0.2, 0.25) is 0 Å². The smallest absolute Gasteiger partial charge is 0.339 e. The number of carbonyl (C=O) groups is 2. The summed E-state index contributed by atoms with van der Waals surface area (Å²) in [6, 6.07) is 13.8. The van der Waals surface area contributed by atoms with E-state index in [2.05, 4.69) is 4.98 Å². The lowest BCUT2D eigenvalue weighted by molar-refractivity contribution is -0.140. The highest BCUT2D eigenvalue weighted by Gasteiger charge is 2.31. The number of rotatable bonds is 4. The molecule has 1 amide bonds. The average Bonchev–Trinajstić information content (AvgIpc) is 3.49. The number of likely N-dealkylation sites (tertiary alicyclic amines) is 1. The molecule has 1 atom stereocenters. The fraction of sp³-hybridized carbons (Fsp3) is 0.333. The molecular formula is C24H23N3O4. The number of benzene rings is 2. The number of hydrogen-bond acceptors (Lipinski definition) is 5. The summed E-state index contributed by atoms with van der Waals surface area (Å²) < 4.78 is 7.42. The molecule has 2 aliphatic heterocycles. The zero-order valence-electron chi connectivity index (χ0n) is 17.1. The SMILES string of the molecule is O=C(O[C@H](C(=O)N1CCCC1)c1ccccc1)c1ccc2c(=O)n3c(nc2c1)CCC3. The molecule has 3 aromatic rings. The number of amides is 1. The molecule has 0 spiro atoms. The van der Waals surface area contributed by atoms with Crippen molar-refractivity contribution in [2.75, 3.05) is 13.1 Å². The van der Waals surface area contributed by atoms with E-state index in [1.807, 2.05) is 18.2 Å². The molecule has 0 unspecified atom stereocenters. The third-order valence-corrected chi connectivity index (χ3v) is 6.02. The zero-order valence-corrected chi connectivity index (χ0v) is 17.1. The highest BCUT2D eigenvalue weighted by atomic mass is 16.5. The van der Waals surface area contributed by atoms with Gasteiger partial charge in [0.05, 0.1) is 16.5 Å². The van der Waals surface area contributed by atoms with Gasteiger partial charge in [0.1, 0.15) is 5.82 Å². The second-order valence-corrected chi connectivity index (χ2v) is 8.05. The molecule has 5 rings (SSSR count). The fourth-order valence-electron chi connectivity index (χ4n) is 4.38. The summed E-state index contributed by atoms with van der Waals surface area (Å²) >= 11 is 0. The molecule has 2 aromatic carbocycles. The first-order chi connectivity index (χ1) is 15.1. The minimum absolute atomic E-state index is 0.0798. The van der Waals surface area contributed by atoms with Crippen molar-refractivity contribution in [2.45, 2.75) is 38.3 Å². The Morgan fingerprint density at radius 2 is 1.74 bits per heavy atom. The second-order valence-electron chi connectivity index (χ2n) is 8.05. The predicted molar refractivity (Wildman–Crippen MR) is 115 cm³/mol. The molecular weight excluding hydrogens is 394 g/mol. The van der Waals surface area contributed by atoms with Gasteiger partial charge < -0.3 is 9.64 Å². The van der Waals surface area contributed by atoms with Crippen molar-refractivity contribution in [3.8, 4) is 0 Å². The lowest BCUT2D eigenvalue weighted by Crippen LogP contribution is -2.34. The average molecular weight is 417 g/mol. The van der Waals surface area contributed by atoms with Crippen LogP contribution in [0.1, 0.15) is 47.1 Å². The first-order valence-corrected chi connectivity index (χ1v) is 10.7. The number of carbonyl (C=O) groups excluding carboxylic acids is 2. The number of esters is 1. The van der Waals surface area contributed by atoms with E-state index in [0.29, 0.717) is 36.1 Å². The Balaban J connectivity index is 1.46. The van der Waals surface area contributed by atoms with E-state index in [9.17, 15) is 14.4 Å². The molecule has 0 N–H and O–H groups in total. The molecule has 1 fully saturated rings. The minimum atomic E-state index is -0.999. The molecule has 7 heteroatoms. The van der Waals surface area contributed by atoms with Gasteiger partial charge in [-0.3, -0.25) is 14.2 Å². The van der Waals surface area contributed by atoms with Crippen LogP contribution in [0.15, 0.2) is 53.3 Å². The van der Waals surface area contributed by atoms with Gasteiger partial charge in [-0.2, -0.15) is 0 Å². The van der Waals surface area contributed by atoms with E-state index in [0.717, 1.165) is 31.5 Å². The van der Waals surface area contributed by atoms with Gasteiger partial charge in [-0.25, -0.2) is 9.78 Å². The van der Waals surface area contributed by atoms with Gasteiger partial charge in [-0.05, 0) is 37.5 Å². The Hall–Kier alpha value is -3.48. The molecule has 31 heavy (non-hydrogen) atoms. The molecule has 1 aromatic heterocycles. The molecule has 158 valence electrons. The van der Waals surface area contributed by atoms with E-state index in [-0.39, 0.29) is 17.0 Å². The monoisotopic (exact) mass is 417 g/mol. The summed E-state index contributed by atoms with van der Waals surface area (Å²) in [7, 11) is 0. The Labute approximate surface area is 179 Å². The number of hydrogen-bond donors (Lipinski definition) is 0. The van der Waals surface area contributed by atoms with Crippen LogP contribution >= 0.6 is 0 Å².